The van der Waals surface area contributed by atoms with Gasteiger partial charge in [-0.2, -0.15) is 0 Å². The molecule has 0 aromatic rings. The first-order valence-electron chi connectivity index (χ1n) is 7.29. The Bertz CT molecular complexity index is 166. The van der Waals surface area contributed by atoms with Crippen molar-refractivity contribution in [2.24, 2.45) is 0 Å². The minimum atomic E-state index is 0.484. The van der Waals surface area contributed by atoms with Crippen molar-refractivity contribution in [3.05, 3.63) is 22.5 Å². The highest BCUT2D eigenvalue weighted by Crippen LogP contribution is 2.25. The van der Waals surface area contributed by atoms with Gasteiger partial charge in [0.25, 0.3) is 0 Å². The van der Waals surface area contributed by atoms with E-state index in [4.69, 9.17) is 0 Å². The van der Waals surface area contributed by atoms with E-state index in [0.717, 1.165) is 6.42 Å². The normalized spacial score (nSPS) is 9.22. The Kier molecular flexibility index (Phi) is 37.5. The first kappa shape index (κ1) is 26.4. The van der Waals surface area contributed by atoms with Gasteiger partial charge >= 0.3 is 0 Å². The standard InChI is InChI=1S/C10H19NS.3C2H6/c1-6-9(11-5)10(8(3)4)12-7-2;3*1-2/h7,9,11H,2,6H2,1,3-5H3;3*1-2H3. The van der Waals surface area contributed by atoms with E-state index in [-0.39, 0.29) is 0 Å². The third-order valence-corrected chi connectivity index (χ3v) is 2.89. The molecule has 0 aromatic heterocycles. The van der Waals surface area contributed by atoms with Crippen LogP contribution < -0.4 is 5.32 Å². The van der Waals surface area contributed by atoms with E-state index in [1.807, 2.05) is 54.0 Å². The van der Waals surface area contributed by atoms with Crippen molar-refractivity contribution in [3.63, 3.8) is 0 Å². The molecule has 0 saturated heterocycles. The summed E-state index contributed by atoms with van der Waals surface area (Å²) in [5.41, 5.74) is 1.38. The highest BCUT2D eigenvalue weighted by atomic mass is 32.2. The maximum absolute atomic E-state index is 3.73. The molecule has 0 heterocycles. The van der Waals surface area contributed by atoms with E-state index in [0.29, 0.717) is 6.04 Å². The average Bonchev–Trinajstić information content (AvgIpc) is 2.45. The molecule has 0 aliphatic heterocycles. The van der Waals surface area contributed by atoms with Crippen LogP contribution in [0.15, 0.2) is 22.5 Å². The van der Waals surface area contributed by atoms with Gasteiger partial charge in [0.1, 0.15) is 0 Å². The quantitative estimate of drug-likeness (QED) is 0.638. The van der Waals surface area contributed by atoms with Crippen LogP contribution in [0, 0.1) is 0 Å². The summed E-state index contributed by atoms with van der Waals surface area (Å²) in [4.78, 5) is 1.40. The van der Waals surface area contributed by atoms with Crippen LogP contribution in [0.5, 0.6) is 0 Å². The van der Waals surface area contributed by atoms with Crippen LogP contribution >= 0.6 is 11.8 Å². The fourth-order valence-electron chi connectivity index (χ4n) is 1.16. The molecular weight excluding hydrogens is 238 g/mol. The minimum Gasteiger partial charge on any atom is -0.313 e. The van der Waals surface area contributed by atoms with Gasteiger partial charge in [0, 0.05) is 10.9 Å². The van der Waals surface area contributed by atoms with Crippen LogP contribution in [0.3, 0.4) is 0 Å². The molecule has 0 fully saturated rings. The lowest BCUT2D eigenvalue weighted by molar-refractivity contribution is 0.636. The monoisotopic (exact) mass is 275 g/mol. The van der Waals surface area contributed by atoms with Gasteiger partial charge in [-0.3, -0.25) is 0 Å². The van der Waals surface area contributed by atoms with Gasteiger partial charge in [-0.15, -0.1) is 11.8 Å². The predicted molar refractivity (Wildman–Crippen MR) is 93.3 cm³/mol. The van der Waals surface area contributed by atoms with Crippen molar-refractivity contribution < 1.29 is 0 Å². The van der Waals surface area contributed by atoms with Crippen LogP contribution in [0.4, 0.5) is 0 Å². The Labute approximate surface area is 122 Å². The van der Waals surface area contributed by atoms with Crippen molar-refractivity contribution >= 4 is 11.8 Å². The zero-order valence-electron chi connectivity index (χ0n) is 14.5. The molecule has 0 saturated carbocycles. The maximum atomic E-state index is 3.73. The van der Waals surface area contributed by atoms with Crippen molar-refractivity contribution in [2.75, 3.05) is 7.05 Å². The average molecular weight is 276 g/mol. The van der Waals surface area contributed by atoms with Gasteiger partial charge in [-0.25, -0.2) is 0 Å². The summed E-state index contributed by atoms with van der Waals surface area (Å²) in [7, 11) is 2.00. The molecule has 2 heteroatoms. The van der Waals surface area contributed by atoms with Gasteiger partial charge < -0.3 is 5.32 Å². The Hall–Kier alpha value is -0.210. The van der Waals surface area contributed by atoms with E-state index in [9.17, 15) is 0 Å². The van der Waals surface area contributed by atoms with Crippen LogP contribution in [0.2, 0.25) is 0 Å². The van der Waals surface area contributed by atoms with Crippen LogP contribution in [0.1, 0.15) is 68.7 Å². The molecular formula is C16H37NS. The fraction of sp³-hybridized carbons (Fsp3) is 0.750. The zero-order chi connectivity index (χ0) is 15.6. The summed E-state index contributed by atoms with van der Waals surface area (Å²) in [5.74, 6) is 0. The molecule has 1 unspecified atom stereocenters. The first-order valence-corrected chi connectivity index (χ1v) is 8.17. The Morgan fingerprint density at radius 3 is 1.67 bits per heavy atom. The molecule has 0 amide bonds. The van der Waals surface area contributed by atoms with E-state index < -0.39 is 0 Å². The molecule has 1 atom stereocenters. The zero-order valence-corrected chi connectivity index (χ0v) is 15.3. The van der Waals surface area contributed by atoms with Gasteiger partial charge in [0.05, 0.1) is 0 Å². The molecule has 1 N–H and O–H groups in total. The molecule has 0 spiro atoms. The number of likely N-dealkylation sites (N-methyl/N-ethyl adjacent to an activating group) is 1. The molecule has 0 aliphatic rings. The number of thioether (sulfide) groups is 1. The first-order chi connectivity index (χ1) is 8.67. The number of allylic oxidation sites excluding steroid dienone is 1. The summed E-state index contributed by atoms with van der Waals surface area (Å²) in [5, 5.41) is 5.18. The highest BCUT2D eigenvalue weighted by Gasteiger charge is 2.10. The molecule has 112 valence electrons. The highest BCUT2D eigenvalue weighted by molar-refractivity contribution is 8.05. The van der Waals surface area contributed by atoms with Gasteiger partial charge in [0.2, 0.25) is 0 Å². The molecule has 0 bridgehead atoms. The third-order valence-electron chi connectivity index (χ3n) is 1.78. The summed E-state index contributed by atoms with van der Waals surface area (Å²) in [6.07, 6.45) is 1.12. The molecule has 0 aliphatic carbocycles. The van der Waals surface area contributed by atoms with Gasteiger partial charge in [-0.05, 0) is 32.7 Å². The van der Waals surface area contributed by atoms with Crippen molar-refractivity contribution in [1.29, 1.82) is 0 Å². The third kappa shape index (κ3) is 15.8. The van der Waals surface area contributed by atoms with Gasteiger partial charge in [-0.1, -0.05) is 60.6 Å². The lowest BCUT2D eigenvalue weighted by Crippen LogP contribution is -2.25. The molecule has 1 nitrogen and oxygen atoms in total. The Balaban J connectivity index is -0.000000141. The number of nitrogens with one attached hydrogen (secondary N) is 1. The number of hydrogen-bond donors (Lipinski definition) is 1. The van der Waals surface area contributed by atoms with Crippen LogP contribution in [-0.2, 0) is 0 Å². The summed E-state index contributed by atoms with van der Waals surface area (Å²) >= 11 is 1.72. The molecule has 18 heavy (non-hydrogen) atoms. The Morgan fingerprint density at radius 2 is 1.50 bits per heavy atom. The number of hydrogen-bond acceptors (Lipinski definition) is 2. The predicted octanol–water partition coefficient (Wildman–Crippen LogP) is 6.23. The minimum absolute atomic E-state index is 0.484. The van der Waals surface area contributed by atoms with E-state index in [1.54, 1.807) is 11.8 Å². The topological polar surface area (TPSA) is 12.0 Å². The lowest BCUT2D eigenvalue weighted by atomic mass is 10.1. The second-order valence-corrected chi connectivity index (χ2v) is 3.91. The van der Waals surface area contributed by atoms with E-state index >= 15 is 0 Å². The second kappa shape index (κ2) is 25.6. The van der Waals surface area contributed by atoms with E-state index in [2.05, 4.69) is 32.7 Å². The van der Waals surface area contributed by atoms with Crippen LogP contribution in [0.25, 0.3) is 0 Å². The van der Waals surface area contributed by atoms with Gasteiger partial charge in [0.15, 0.2) is 0 Å². The van der Waals surface area contributed by atoms with Crippen molar-refractivity contribution in [1.82, 2.24) is 5.32 Å². The SMILES string of the molecule is C=CSC(=C(C)C)C(CC)NC.CC.CC.CC. The van der Waals surface area contributed by atoms with Crippen LogP contribution in [-0.4, -0.2) is 13.1 Å². The molecule has 0 rings (SSSR count). The smallest absolute Gasteiger partial charge is 0.0377 e. The fourth-order valence-corrected chi connectivity index (χ4v) is 2.02. The van der Waals surface area contributed by atoms with E-state index in [1.165, 1.54) is 10.5 Å². The second-order valence-electron chi connectivity index (χ2n) is 2.90. The summed E-state index contributed by atoms with van der Waals surface area (Å²) in [6.45, 7) is 22.2. The molecule has 0 radical (unpaired) electrons. The Morgan fingerprint density at radius 1 is 1.11 bits per heavy atom. The lowest BCUT2D eigenvalue weighted by Gasteiger charge is -2.18. The van der Waals surface area contributed by atoms with Crippen molar-refractivity contribution in [2.45, 2.75) is 74.8 Å². The largest absolute Gasteiger partial charge is 0.313 e. The summed E-state index contributed by atoms with van der Waals surface area (Å²) < 4.78 is 0. The number of rotatable bonds is 5. The van der Waals surface area contributed by atoms with Crippen molar-refractivity contribution in [3.8, 4) is 0 Å². The molecule has 0 aromatic carbocycles. The summed E-state index contributed by atoms with van der Waals surface area (Å²) in [6, 6.07) is 0.484. The maximum Gasteiger partial charge on any atom is 0.0377 e.